The van der Waals surface area contributed by atoms with E-state index in [9.17, 15) is 0 Å². The Kier molecular flexibility index (Phi) is 4.65. The van der Waals surface area contributed by atoms with E-state index in [0.717, 1.165) is 6.54 Å². The van der Waals surface area contributed by atoms with Crippen LogP contribution in [0.5, 0.6) is 0 Å². The number of rotatable bonds is 4. The second-order valence-corrected chi connectivity index (χ2v) is 3.17. The molecule has 0 aromatic heterocycles. The van der Waals surface area contributed by atoms with Gasteiger partial charge in [0.15, 0.2) is 0 Å². The van der Waals surface area contributed by atoms with Gasteiger partial charge in [0.2, 0.25) is 0 Å². The van der Waals surface area contributed by atoms with Gasteiger partial charge in [-0.25, -0.2) is 0 Å². The molecule has 62 valence electrons. The van der Waals surface area contributed by atoms with E-state index < -0.39 is 0 Å². The lowest BCUT2D eigenvalue weighted by atomic mass is 10.2. The molecule has 0 aromatic carbocycles. The fraction of sp³-hybridized carbons (Fsp3) is 1.00. The van der Waals surface area contributed by atoms with Gasteiger partial charge < -0.3 is 10.6 Å². The molecule has 0 spiro atoms. The summed E-state index contributed by atoms with van der Waals surface area (Å²) in [6.45, 7) is 7.46. The van der Waals surface area contributed by atoms with Gasteiger partial charge in [-0.3, -0.25) is 0 Å². The lowest BCUT2D eigenvalue weighted by Crippen LogP contribution is -2.37. The molecule has 2 N–H and O–H groups in total. The maximum atomic E-state index is 5.64. The molecule has 0 aliphatic carbocycles. The predicted molar refractivity (Wildman–Crippen MR) is 46.0 cm³/mol. The molecule has 2 heteroatoms. The van der Waals surface area contributed by atoms with E-state index in [2.05, 4.69) is 25.8 Å². The molecule has 10 heavy (non-hydrogen) atoms. The number of likely N-dealkylation sites (N-methyl/N-ethyl adjacent to an activating group) is 1. The second-order valence-electron chi connectivity index (χ2n) is 3.17. The lowest BCUT2D eigenvalue weighted by molar-refractivity contribution is 0.241. The minimum absolute atomic E-state index is 0.291. The van der Waals surface area contributed by atoms with Gasteiger partial charge in [0.1, 0.15) is 0 Å². The van der Waals surface area contributed by atoms with E-state index >= 15 is 0 Å². The maximum absolute atomic E-state index is 5.64. The monoisotopic (exact) mass is 144 g/mol. The van der Waals surface area contributed by atoms with E-state index in [-0.39, 0.29) is 0 Å². The van der Waals surface area contributed by atoms with E-state index in [4.69, 9.17) is 5.73 Å². The summed E-state index contributed by atoms with van der Waals surface area (Å²) in [4.78, 5) is 2.30. The molecule has 0 aliphatic heterocycles. The summed E-state index contributed by atoms with van der Waals surface area (Å²) >= 11 is 0. The third-order valence-corrected chi connectivity index (χ3v) is 1.92. The van der Waals surface area contributed by atoms with Crippen LogP contribution in [0.1, 0.15) is 27.2 Å². The molecule has 2 nitrogen and oxygen atoms in total. The Morgan fingerprint density at radius 1 is 1.40 bits per heavy atom. The van der Waals surface area contributed by atoms with Crippen LogP contribution < -0.4 is 5.73 Å². The first kappa shape index (κ1) is 9.92. The highest BCUT2D eigenvalue weighted by molar-refractivity contribution is 4.65. The third-order valence-electron chi connectivity index (χ3n) is 1.92. The van der Waals surface area contributed by atoms with Crippen LogP contribution in [0.4, 0.5) is 0 Å². The van der Waals surface area contributed by atoms with Crippen LogP contribution >= 0.6 is 0 Å². The predicted octanol–water partition coefficient (Wildman–Crippen LogP) is 1.06. The average Bonchev–Trinajstić information content (AvgIpc) is 1.85. The lowest BCUT2D eigenvalue weighted by Gasteiger charge is -2.24. The van der Waals surface area contributed by atoms with Crippen molar-refractivity contribution >= 4 is 0 Å². The van der Waals surface area contributed by atoms with Crippen LogP contribution in [-0.2, 0) is 0 Å². The molecule has 0 heterocycles. The van der Waals surface area contributed by atoms with Crippen LogP contribution in [0, 0.1) is 0 Å². The molecule has 0 saturated carbocycles. The van der Waals surface area contributed by atoms with Gasteiger partial charge >= 0.3 is 0 Å². The number of hydrogen-bond acceptors (Lipinski definition) is 2. The van der Waals surface area contributed by atoms with Crippen molar-refractivity contribution < 1.29 is 0 Å². The fourth-order valence-electron chi connectivity index (χ4n) is 0.946. The topological polar surface area (TPSA) is 29.3 Å². The molecule has 0 aliphatic rings. The molecule has 0 rings (SSSR count). The average molecular weight is 144 g/mol. The first-order chi connectivity index (χ1) is 4.57. The van der Waals surface area contributed by atoms with Crippen molar-refractivity contribution in [3.05, 3.63) is 0 Å². The quantitative estimate of drug-likeness (QED) is 0.639. The van der Waals surface area contributed by atoms with Gasteiger partial charge in [0.25, 0.3) is 0 Å². The second kappa shape index (κ2) is 4.69. The zero-order valence-corrected chi connectivity index (χ0v) is 7.59. The van der Waals surface area contributed by atoms with E-state index in [1.165, 1.54) is 6.42 Å². The van der Waals surface area contributed by atoms with Gasteiger partial charge in [0, 0.05) is 18.6 Å². The zero-order valence-electron chi connectivity index (χ0n) is 7.59. The first-order valence-electron chi connectivity index (χ1n) is 4.03. The summed E-state index contributed by atoms with van der Waals surface area (Å²) in [5.41, 5.74) is 5.64. The van der Waals surface area contributed by atoms with Crippen molar-refractivity contribution in [3.8, 4) is 0 Å². The van der Waals surface area contributed by atoms with Crippen LogP contribution in [-0.4, -0.2) is 30.6 Å². The van der Waals surface area contributed by atoms with Crippen LogP contribution in [0.15, 0.2) is 0 Å². The number of hydrogen-bond donors (Lipinski definition) is 1. The van der Waals surface area contributed by atoms with Crippen LogP contribution in [0.25, 0.3) is 0 Å². The molecular formula is C8H20N2. The molecule has 0 amide bonds. The molecule has 0 radical (unpaired) electrons. The Morgan fingerprint density at radius 3 is 2.20 bits per heavy atom. The molecule has 0 aromatic rings. The van der Waals surface area contributed by atoms with Crippen molar-refractivity contribution in [2.45, 2.75) is 39.3 Å². The first-order valence-corrected chi connectivity index (χ1v) is 4.03. The number of nitrogens with zero attached hydrogens (tertiary/aromatic N) is 1. The van der Waals surface area contributed by atoms with Crippen LogP contribution in [0.3, 0.4) is 0 Å². The van der Waals surface area contributed by atoms with E-state index in [1.54, 1.807) is 0 Å². The molecule has 0 fully saturated rings. The zero-order chi connectivity index (χ0) is 8.15. The highest BCUT2D eigenvalue weighted by Gasteiger charge is 2.07. The Morgan fingerprint density at radius 2 is 1.90 bits per heavy atom. The summed E-state index contributed by atoms with van der Waals surface area (Å²) in [5.74, 6) is 0. The maximum Gasteiger partial charge on any atom is 0.0139 e. The molecule has 0 saturated heterocycles. The van der Waals surface area contributed by atoms with E-state index in [0.29, 0.717) is 12.1 Å². The van der Waals surface area contributed by atoms with Gasteiger partial charge in [0.05, 0.1) is 0 Å². The largest absolute Gasteiger partial charge is 0.327 e. The highest BCUT2D eigenvalue weighted by Crippen LogP contribution is 1.99. The third kappa shape index (κ3) is 3.85. The minimum Gasteiger partial charge on any atom is -0.327 e. The summed E-state index contributed by atoms with van der Waals surface area (Å²) in [6, 6.07) is 0.949. The van der Waals surface area contributed by atoms with Crippen molar-refractivity contribution in [2.24, 2.45) is 5.73 Å². The van der Waals surface area contributed by atoms with E-state index in [1.807, 2.05) is 6.92 Å². The van der Waals surface area contributed by atoms with Gasteiger partial charge in [-0.05, 0) is 27.3 Å². The molecular weight excluding hydrogens is 124 g/mol. The highest BCUT2D eigenvalue weighted by atomic mass is 15.1. The summed E-state index contributed by atoms with van der Waals surface area (Å²) in [7, 11) is 2.12. The fourth-order valence-corrected chi connectivity index (χ4v) is 0.946. The van der Waals surface area contributed by atoms with Crippen molar-refractivity contribution in [3.63, 3.8) is 0 Å². The van der Waals surface area contributed by atoms with Crippen molar-refractivity contribution in [1.29, 1.82) is 0 Å². The molecule has 1 unspecified atom stereocenters. The summed E-state index contributed by atoms with van der Waals surface area (Å²) in [5, 5.41) is 0. The van der Waals surface area contributed by atoms with Crippen LogP contribution in [0.2, 0.25) is 0 Å². The molecule has 2 atom stereocenters. The Balaban J connectivity index is 3.50. The SMILES string of the molecule is CCC(C)N(C)C[C@@H](C)N. The Labute approximate surface area is 64.4 Å². The van der Waals surface area contributed by atoms with Gasteiger partial charge in [-0.1, -0.05) is 6.92 Å². The Hall–Kier alpha value is -0.0800. The van der Waals surface area contributed by atoms with Crippen molar-refractivity contribution in [1.82, 2.24) is 4.90 Å². The normalized spacial score (nSPS) is 17.4. The van der Waals surface area contributed by atoms with Gasteiger partial charge in [-0.15, -0.1) is 0 Å². The minimum atomic E-state index is 0.291. The Bertz CT molecular complexity index is 81.3. The number of nitrogens with two attached hydrogens (primary N) is 1. The smallest absolute Gasteiger partial charge is 0.0139 e. The summed E-state index contributed by atoms with van der Waals surface area (Å²) in [6.07, 6.45) is 1.20. The summed E-state index contributed by atoms with van der Waals surface area (Å²) < 4.78 is 0. The van der Waals surface area contributed by atoms with Crippen molar-refractivity contribution in [2.75, 3.05) is 13.6 Å². The molecule has 0 bridgehead atoms. The van der Waals surface area contributed by atoms with Gasteiger partial charge in [-0.2, -0.15) is 0 Å². The standard InChI is InChI=1S/C8H20N2/c1-5-8(3)10(4)6-7(2)9/h7-8H,5-6,9H2,1-4H3/t7-,8?/m1/s1.